The Balaban J connectivity index is 2.45. The van der Waals surface area contributed by atoms with Crippen LogP contribution in [0, 0.1) is 11.3 Å². The molecule has 0 saturated carbocycles. The number of aromatic amines is 1. The second kappa shape index (κ2) is 3.15. The largest absolute Gasteiger partial charge is 0.506 e. The van der Waals surface area contributed by atoms with E-state index >= 15 is 0 Å². The number of H-pyrrole nitrogens is 1. The van der Waals surface area contributed by atoms with Crippen molar-refractivity contribution in [2.45, 2.75) is 0 Å². The number of hydrogen-bond acceptors (Lipinski definition) is 5. The zero-order valence-corrected chi connectivity index (χ0v) is 8.48. The van der Waals surface area contributed by atoms with E-state index in [0.29, 0.717) is 22.4 Å². The van der Waals surface area contributed by atoms with Crippen LogP contribution in [0.25, 0.3) is 10.9 Å². The highest BCUT2D eigenvalue weighted by Gasteiger charge is 2.18. The number of aromatic hydroxyl groups is 1. The van der Waals surface area contributed by atoms with Gasteiger partial charge in [0.1, 0.15) is 11.8 Å². The molecule has 1 aromatic heterocycles. The fourth-order valence-electron chi connectivity index (χ4n) is 1.77. The zero-order chi connectivity index (χ0) is 12.0. The van der Waals surface area contributed by atoms with E-state index < -0.39 is 5.56 Å². The lowest BCUT2D eigenvalue weighted by atomic mass is 10.1. The Kier molecular flexibility index (Phi) is 1.77. The first-order chi connectivity index (χ1) is 8.20. The molecule has 3 rings (SSSR count). The molecule has 0 spiro atoms. The van der Waals surface area contributed by atoms with Gasteiger partial charge < -0.3 is 19.6 Å². The highest BCUT2D eigenvalue weighted by atomic mass is 16.7. The second-order valence-electron chi connectivity index (χ2n) is 3.54. The summed E-state index contributed by atoms with van der Waals surface area (Å²) in [5, 5.41) is 18.9. The van der Waals surface area contributed by atoms with Gasteiger partial charge in [-0.15, -0.1) is 0 Å². The van der Waals surface area contributed by atoms with Crippen molar-refractivity contribution in [2.24, 2.45) is 0 Å². The fourth-order valence-corrected chi connectivity index (χ4v) is 1.77. The number of nitriles is 1. The molecule has 0 amide bonds. The van der Waals surface area contributed by atoms with Crippen LogP contribution in [0.2, 0.25) is 0 Å². The Morgan fingerprint density at radius 1 is 1.35 bits per heavy atom. The van der Waals surface area contributed by atoms with Gasteiger partial charge in [-0.05, 0) is 6.07 Å². The number of ether oxygens (including phenoxy) is 2. The minimum atomic E-state index is -0.628. The number of rotatable bonds is 0. The van der Waals surface area contributed by atoms with E-state index in [-0.39, 0.29) is 18.1 Å². The van der Waals surface area contributed by atoms with Gasteiger partial charge in [0.05, 0.1) is 5.52 Å². The van der Waals surface area contributed by atoms with Gasteiger partial charge in [-0.3, -0.25) is 4.79 Å². The Morgan fingerprint density at radius 2 is 2.06 bits per heavy atom. The summed E-state index contributed by atoms with van der Waals surface area (Å²) in [4.78, 5) is 14.0. The van der Waals surface area contributed by atoms with Crippen LogP contribution in [0.5, 0.6) is 17.2 Å². The van der Waals surface area contributed by atoms with Gasteiger partial charge in [0.25, 0.3) is 5.56 Å². The maximum absolute atomic E-state index is 11.5. The third-order valence-electron chi connectivity index (χ3n) is 2.59. The molecular formula is C11H6N2O4. The van der Waals surface area contributed by atoms with Gasteiger partial charge in [0.15, 0.2) is 17.1 Å². The molecule has 0 saturated heterocycles. The summed E-state index contributed by atoms with van der Waals surface area (Å²) >= 11 is 0. The average molecular weight is 230 g/mol. The molecular weight excluding hydrogens is 224 g/mol. The number of nitrogens with zero attached hydrogens (tertiary/aromatic N) is 1. The lowest BCUT2D eigenvalue weighted by Crippen LogP contribution is -2.09. The maximum Gasteiger partial charge on any atom is 0.270 e. The summed E-state index contributed by atoms with van der Waals surface area (Å²) in [6, 6.07) is 4.74. The van der Waals surface area contributed by atoms with Crippen LogP contribution in [-0.4, -0.2) is 16.9 Å². The van der Waals surface area contributed by atoms with Gasteiger partial charge in [-0.2, -0.15) is 5.26 Å². The first-order valence-corrected chi connectivity index (χ1v) is 4.79. The summed E-state index contributed by atoms with van der Waals surface area (Å²) in [6.07, 6.45) is 0. The number of aromatic nitrogens is 1. The molecule has 6 heteroatoms. The van der Waals surface area contributed by atoms with Crippen LogP contribution in [0.4, 0.5) is 0 Å². The molecule has 0 aliphatic carbocycles. The van der Waals surface area contributed by atoms with Crippen LogP contribution >= 0.6 is 0 Å². The molecule has 1 aliphatic heterocycles. The molecule has 2 heterocycles. The Bertz CT molecular complexity index is 727. The summed E-state index contributed by atoms with van der Waals surface area (Å²) in [6.45, 7) is 0.0990. The molecule has 0 fully saturated rings. The molecule has 0 atom stereocenters. The first kappa shape index (κ1) is 9.54. The third kappa shape index (κ3) is 1.23. The van der Waals surface area contributed by atoms with Crippen molar-refractivity contribution in [3.05, 3.63) is 28.0 Å². The summed E-state index contributed by atoms with van der Waals surface area (Å²) in [5.74, 6) is 0.630. The van der Waals surface area contributed by atoms with Crippen molar-refractivity contribution in [3.63, 3.8) is 0 Å². The van der Waals surface area contributed by atoms with Crippen molar-refractivity contribution in [2.75, 3.05) is 6.79 Å². The lowest BCUT2D eigenvalue weighted by molar-refractivity contribution is 0.174. The molecule has 6 nitrogen and oxygen atoms in total. The standard InChI is InChI=1S/C11H6N2O4/c12-3-6-10(14)5-1-8-9(17-4-16-8)2-7(5)13-11(6)15/h1-2H,4H2,(H2,13,14,15). The molecule has 0 radical (unpaired) electrons. The van der Waals surface area contributed by atoms with Crippen molar-refractivity contribution in [1.82, 2.24) is 4.98 Å². The number of pyridine rings is 1. The maximum atomic E-state index is 11.5. The SMILES string of the molecule is N#Cc1c(O)c2cc3c(cc2[nH]c1=O)OCO3. The van der Waals surface area contributed by atoms with E-state index in [4.69, 9.17) is 14.7 Å². The highest BCUT2D eigenvalue weighted by Crippen LogP contribution is 2.38. The summed E-state index contributed by atoms with van der Waals surface area (Å²) in [5.41, 5.74) is -0.538. The monoisotopic (exact) mass is 230 g/mol. The molecule has 17 heavy (non-hydrogen) atoms. The van der Waals surface area contributed by atoms with E-state index in [1.165, 1.54) is 6.07 Å². The lowest BCUT2D eigenvalue weighted by Gasteiger charge is -2.04. The zero-order valence-electron chi connectivity index (χ0n) is 8.48. The third-order valence-corrected chi connectivity index (χ3v) is 2.59. The second-order valence-corrected chi connectivity index (χ2v) is 3.54. The molecule has 1 aromatic carbocycles. The van der Waals surface area contributed by atoms with E-state index in [2.05, 4.69) is 4.98 Å². The van der Waals surface area contributed by atoms with Crippen molar-refractivity contribution >= 4 is 10.9 Å². The average Bonchev–Trinajstić information content (AvgIpc) is 2.74. The van der Waals surface area contributed by atoms with Crippen molar-refractivity contribution in [3.8, 4) is 23.3 Å². The van der Waals surface area contributed by atoms with E-state index in [1.807, 2.05) is 0 Å². The molecule has 84 valence electrons. The van der Waals surface area contributed by atoms with E-state index in [9.17, 15) is 9.90 Å². The first-order valence-electron chi connectivity index (χ1n) is 4.79. The van der Waals surface area contributed by atoms with E-state index in [0.717, 1.165) is 0 Å². The van der Waals surface area contributed by atoms with Crippen LogP contribution in [0.15, 0.2) is 16.9 Å². The van der Waals surface area contributed by atoms with Gasteiger partial charge in [-0.1, -0.05) is 0 Å². The van der Waals surface area contributed by atoms with Gasteiger partial charge in [-0.25, -0.2) is 0 Å². The molecule has 1 aliphatic rings. The van der Waals surface area contributed by atoms with Crippen LogP contribution in [0.3, 0.4) is 0 Å². The Hall–Kier alpha value is -2.68. The number of hydrogen-bond donors (Lipinski definition) is 2. The number of benzene rings is 1. The van der Waals surface area contributed by atoms with Gasteiger partial charge >= 0.3 is 0 Å². The topological polar surface area (TPSA) is 95.3 Å². The van der Waals surface area contributed by atoms with Crippen molar-refractivity contribution < 1.29 is 14.6 Å². The molecule has 2 N–H and O–H groups in total. The number of fused-ring (bicyclic) bond motifs is 2. The fraction of sp³-hybridized carbons (Fsp3) is 0.0909. The van der Waals surface area contributed by atoms with Crippen LogP contribution < -0.4 is 15.0 Å². The molecule has 2 aromatic rings. The predicted molar refractivity (Wildman–Crippen MR) is 57.1 cm³/mol. The smallest absolute Gasteiger partial charge is 0.270 e. The van der Waals surface area contributed by atoms with Crippen molar-refractivity contribution in [1.29, 1.82) is 5.26 Å². The van der Waals surface area contributed by atoms with Gasteiger partial charge in [0, 0.05) is 11.5 Å². The van der Waals surface area contributed by atoms with Crippen LogP contribution in [-0.2, 0) is 0 Å². The van der Waals surface area contributed by atoms with E-state index in [1.54, 1.807) is 12.1 Å². The molecule has 0 unspecified atom stereocenters. The highest BCUT2D eigenvalue weighted by molar-refractivity contribution is 5.89. The Labute approximate surface area is 94.6 Å². The molecule has 0 bridgehead atoms. The van der Waals surface area contributed by atoms with Gasteiger partial charge in [0.2, 0.25) is 6.79 Å². The normalized spacial score (nSPS) is 12.6. The number of nitrogens with one attached hydrogen (secondary N) is 1. The predicted octanol–water partition coefficient (Wildman–Crippen LogP) is 0.834. The summed E-state index contributed by atoms with van der Waals surface area (Å²) in [7, 11) is 0. The quantitative estimate of drug-likeness (QED) is 0.699. The van der Waals surface area contributed by atoms with Crippen LogP contribution in [0.1, 0.15) is 5.56 Å². The minimum Gasteiger partial charge on any atom is -0.506 e. The minimum absolute atomic E-state index is 0.0990. The Morgan fingerprint density at radius 3 is 2.76 bits per heavy atom. The summed E-state index contributed by atoms with van der Waals surface area (Å²) < 4.78 is 10.3.